The van der Waals surface area contributed by atoms with Crippen LogP contribution in [0.4, 0.5) is 5.82 Å². The largest absolute Gasteiger partial charge is 0.360 e. The number of hydrogen-bond donors (Lipinski definition) is 0. The van der Waals surface area contributed by atoms with Crippen molar-refractivity contribution in [1.82, 2.24) is 19.4 Å². The number of hydrogen-bond acceptors (Lipinski definition) is 8. The highest BCUT2D eigenvalue weighted by Crippen LogP contribution is 2.40. The van der Waals surface area contributed by atoms with Gasteiger partial charge in [0.1, 0.15) is 27.1 Å². The van der Waals surface area contributed by atoms with E-state index in [0.717, 1.165) is 42.3 Å². The Morgan fingerprint density at radius 3 is 2.60 bits per heavy atom. The maximum atomic E-state index is 13.2. The van der Waals surface area contributed by atoms with Crippen molar-refractivity contribution in [3.8, 4) is 0 Å². The molecule has 0 bridgehead atoms. The fraction of sp³-hybridized carbons (Fsp3) is 0.550. The molecule has 4 heterocycles. The summed E-state index contributed by atoms with van der Waals surface area (Å²) in [6, 6.07) is 0. The number of aromatic nitrogens is 3. The van der Waals surface area contributed by atoms with Crippen LogP contribution in [0.1, 0.15) is 40.6 Å². The second-order valence-electron chi connectivity index (χ2n) is 8.03. The summed E-state index contributed by atoms with van der Waals surface area (Å²) in [5.41, 5.74) is 1.81. The highest BCUT2D eigenvalue weighted by molar-refractivity contribution is 7.89. The van der Waals surface area contributed by atoms with Crippen LogP contribution in [0.2, 0.25) is 0 Å². The first-order valence-electron chi connectivity index (χ1n) is 10.3. The molecule has 0 radical (unpaired) electrons. The second kappa shape index (κ2) is 7.28. The highest BCUT2D eigenvalue weighted by Gasteiger charge is 2.33. The van der Waals surface area contributed by atoms with E-state index in [1.54, 1.807) is 29.5 Å². The average molecular weight is 448 g/mol. The van der Waals surface area contributed by atoms with Gasteiger partial charge < -0.3 is 9.42 Å². The summed E-state index contributed by atoms with van der Waals surface area (Å²) in [6.07, 6.45) is 4.13. The molecule has 1 saturated heterocycles. The predicted octanol–water partition coefficient (Wildman–Crippen LogP) is 2.99. The van der Waals surface area contributed by atoms with Gasteiger partial charge in [-0.1, -0.05) is 5.16 Å². The topological polar surface area (TPSA) is 92.4 Å². The Labute approximate surface area is 179 Å². The second-order valence-corrected chi connectivity index (χ2v) is 11.0. The Kier molecular flexibility index (Phi) is 4.83. The third-order valence-electron chi connectivity index (χ3n) is 5.98. The maximum Gasteiger partial charge on any atom is 0.248 e. The van der Waals surface area contributed by atoms with Crippen molar-refractivity contribution in [2.24, 2.45) is 0 Å². The quantitative estimate of drug-likeness (QED) is 0.609. The van der Waals surface area contributed by atoms with Gasteiger partial charge in [-0.3, -0.25) is 0 Å². The van der Waals surface area contributed by atoms with Crippen molar-refractivity contribution in [2.45, 2.75) is 51.3 Å². The molecule has 1 aliphatic heterocycles. The van der Waals surface area contributed by atoms with Gasteiger partial charge in [0.15, 0.2) is 5.76 Å². The first-order valence-corrected chi connectivity index (χ1v) is 12.6. The number of aryl methyl sites for hydroxylation is 5. The SMILES string of the molecule is Cc1nc(N2CCCN(S(=O)(=O)c3c(C)noc3C)CC2)c2c3c(sc2n1)CCC3. The molecule has 0 N–H and O–H groups in total. The van der Waals surface area contributed by atoms with Gasteiger partial charge in [0, 0.05) is 31.1 Å². The van der Waals surface area contributed by atoms with Gasteiger partial charge in [-0.2, -0.15) is 4.31 Å². The molecule has 0 atom stereocenters. The summed E-state index contributed by atoms with van der Waals surface area (Å²) in [5.74, 6) is 2.07. The molecule has 5 rings (SSSR count). The number of anilines is 1. The van der Waals surface area contributed by atoms with Crippen molar-refractivity contribution in [3.63, 3.8) is 0 Å². The van der Waals surface area contributed by atoms with Gasteiger partial charge in [0.25, 0.3) is 0 Å². The van der Waals surface area contributed by atoms with Crippen LogP contribution < -0.4 is 4.90 Å². The van der Waals surface area contributed by atoms with E-state index in [0.29, 0.717) is 31.1 Å². The lowest BCUT2D eigenvalue weighted by molar-refractivity contribution is 0.389. The summed E-state index contributed by atoms with van der Waals surface area (Å²) in [7, 11) is -3.64. The summed E-state index contributed by atoms with van der Waals surface area (Å²) in [6.45, 7) is 7.49. The predicted molar refractivity (Wildman–Crippen MR) is 116 cm³/mol. The van der Waals surface area contributed by atoms with E-state index < -0.39 is 10.0 Å². The zero-order chi connectivity index (χ0) is 21.0. The number of rotatable bonds is 3. The molecule has 0 aromatic carbocycles. The lowest BCUT2D eigenvalue weighted by atomic mass is 10.1. The summed E-state index contributed by atoms with van der Waals surface area (Å²) in [5, 5.41) is 5.01. The van der Waals surface area contributed by atoms with Gasteiger partial charge >= 0.3 is 0 Å². The standard InChI is InChI=1S/C20H25N5O3S2/c1-12-18(13(2)28-23-12)30(26,27)25-9-5-8-24(10-11-25)19-17-15-6-4-7-16(15)29-20(17)22-14(3)21-19/h4-11H2,1-3H3. The number of thiophene rings is 1. The fourth-order valence-electron chi connectivity index (χ4n) is 4.63. The highest BCUT2D eigenvalue weighted by atomic mass is 32.2. The number of sulfonamides is 1. The van der Waals surface area contributed by atoms with Crippen LogP contribution in [-0.2, 0) is 22.9 Å². The van der Waals surface area contributed by atoms with Crippen LogP contribution in [0, 0.1) is 20.8 Å². The molecule has 1 aliphatic carbocycles. The zero-order valence-corrected chi connectivity index (χ0v) is 19.1. The molecule has 1 fully saturated rings. The molecule has 0 unspecified atom stereocenters. The number of nitrogens with zero attached hydrogens (tertiary/aromatic N) is 5. The Bertz CT molecular complexity index is 1210. The van der Waals surface area contributed by atoms with Crippen LogP contribution in [0.25, 0.3) is 10.2 Å². The van der Waals surface area contributed by atoms with E-state index in [9.17, 15) is 8.42 Å². The van der Waals surface area contributed by atoms with Gasteiger partial charge in [0.2, 0.25) is 10.0 Å². The van der Waals surface area contributed by atoms with E-state index in [-0.39, 0.29) is 4.90 Å². The monoisotopic (exact) mass is 447 g/mol. The molecule has 10 heteroatoms. The van der Waals surface area contributed by atoms with E-state index in [1.807, 2.05) is 6.92 Å². The van der Waals surface area contributed by atoms with Gasteiger partial charge in [0.05, 0.1) is 5.39 Å². The summed E-state index contributed by atoms with van der Waals surface area (Å²) < 4.78 is 33.2. The number of fused-ring (bicyclic) bond motifs is 3. The molecule has 0 amide bonds. The smallest absolute Gasteiger partial charge is 0.248 e. The molecule has 0 spiro atoms. The zero-order valence-electron chi connectivity index (χ0n) is 17.4. The van der Waals surface area contributed by atoms with Crippen LogP contribution in [0.3, 0.4) is 0 Å². The first-order chi connectivity index (χ1) is 14.4. The van der Waals surface area contributed by atoms with E-state index in [1.165, 1.54) is 22.2 Å². The molecule has 0 saturated carbocycles. The minimum Gasteiger partial charge on any atom is -0.360 e. The van der Waals surface area contributed by atoms with Crippen molar-refractivity contribution < 1.29 is 12.9 Å². The summed E-state index contributed by atoms with van der Waals surface area (Å²) in [4.78, 5) is 14.4. The van der Waals surface area contributed by atoms with Gasteiger partial charge in [-0.05, 0) is 52.0 Å². The third kappa shape index (κ3) is 3.12. The Morgan fingerprint density at radius 2 is 1.83 bits per heavy atom. The van der Waals surface area contributed by atoms with Crippen LogP contribution in [-0.4, -0.2) is 54.0 Å². The van der Waals surface area contributed by atoms with Crippen molar-refractivity contribution in [3.05, 3.63) is 27.7 Å². The Balaban J connectivity index is 1.47. The van der Waals surface area contributed by atoms with Crippen LogP contribution >= 0.6 is 11.3 Å². The van der Waals surface area contributed by atoms with E-state index in [4.69, 9.17) is 9.51 Å². The molecule has 2 aliphatic rings. The van der Waals surface area contributed by atoms with Crippen molar-refractivity contribution in [1.29, 1.82) is 0 Å². The Morgan fingerprint density at radius 1 is 1.00 bits per heavy atom. The van der Waals surface area contributed by atoms with E-state index in [2.05, 4.69) is 15.0 Å². The van der Waals surface area contributed by atoms with E-state index >= 15 is 0 Å². The minimum atomic E-state index is -3.64. The minimum absolute atomic E-state index is 0.201. The molecule has 160 valence electrons. The average Bonchev–Trinajstić information content (AvgIpc) is 3.29. The normalized spacial score (nSPS) is 18.2. The molecular weight excluding hydrogens is 422 g/mol. The van der Waals surface area contributed by atoms with Gasteiger partial charge in [-0.15, -0.1) is 11.3 Å². The third-order valence-corrected chi connectivity index (χ3v) is 9.31. The first kappa shape index (κ1) is 19.9. The van der Waals surface area contributed by atoms with Gasteiger partial charge in [-0.25, -0.2) is 18.4 Å². The molecule has 3 aromatic heterocycles. The molecule has 8 nitrogen and oxygen atoms in total. The molecule has 30 heavy (non-hydrogen) atoms. The molecule has 3 aromatic rings. The fourth-order valence-corrected chi connectivity index (χ4v) is 7.69. The van der Waals surface area contributed by atoms with Crippen LogP contribution in [0.5, 0.6) is 0 Å². The maximum absolute atomic E-state index is 13.2. The van der Waals surface area contributed by atoms with Crippen molar-refractivity contribution in [2.75, 3.05) is 31.1 Å². The van der Waals surface area contributed by atoms with Crippen molar-refractivity contribution >= 4 is 37.4 Å². The Hall–Kier alpha value is -2.04. The molecular formula is C20H25N5O3S2. The van der Waals surface area contributed by atoms with Crippen LogP contribution in [0.15, 0.2) is 9.42 Å². The lowest BCUT2D eigenvalue weighted by Crippen LogP contribution is -2.36. The summed E-state index contributed by atoms with van der Waals surface area (Å²) >= 11 is 1.79. The lowest BCUT2D eigenvalue weighted by Gasteiger charge is -2.24.